The number of nitrogens with one attached hydrogen (secondary N) is 2. The summed E-state index contributed by atoms with van der Waals surface area (Å²) >= 11 is 6.20. The monoisotopic (exact) mass is 342 g/mol. The van der Waals surface area contributed by atoms with Crippen LogP contribution < -0.4 is 10.6 Å². The molecule has 0 radical (unpaired) electrons. The van der Waals surface area contributed by atoms with Gasteiger partial charge in [-0.1, -0.05) is 29.8 Å². The van der Waals surface area contributed by atoms with Crippen molar-refractivity contribution in [3.8, 4) is 11.3 Å². The molecule has 0 bridgehead atoms. The van der Waals surface area contributed by atoms with Crippen molar-refractivity contribution in [1.29, 1.82) is 0 Å². The summed E-state index contributed by atoms with van der Waals surface area (Å²) in [5, 5.41) is 10.9. The molecule has 22 heavy (non-hydrogen) atoms. The van der Waals surface area contributed by atoms with Crippen LogP contribution in [-0.4, -0.2) is 35.3 Å². The number of benzene rings is 1. The number of rotatable bonds is 5. The Kier molecular flexibility index (Phi) is 6.87. The first-order valence-electron chi connectivity index (χ1n) is 6.77. The fraction of sp³-hybridized carbons (Fsp3) is 0.333. The molecule has 0 aliphatic carbocycles. The van der Waals surface area contributed by atoms with Crippen LogP contribution in [0.3, 0.4) is 0 Å². The molecule has 0 spiro atoms. The van der Waals surface area contributed by atoms with Gasteiger partial charge in [0.15, 0.2) is 0 Å². The maximum absolute atomic E-state index is 12.3. The quantitative estimate of drug-likeness (QED) is 0.877. The SMILES string of the molecule is CNC(C)CNC(=O)c1cn(C)nc1-c1ccccc1Cl.Cl. The van der Waals surface area contributed by atoms with E-state index in [4.69, 9.17) is 11.6 Å². The van der Waals surface area contributed by atoms with Crippen molar-refractivity contribution >= 4 is 29.9 Å². The third-order valence-corrected chi connectivity index (χ3v) is 3.59. The normalized spacial score (nSPS) is 11.6. The molecule has 2 aromatic rings. The highest BCUT2D eigenvalue weighted by atomic mass is 35.5. The van der Waals surface area contributed by atoms with Crippen LogP contribution in [0.5, 0.6) is 0 Å². The molecule has 120 valence electrons. The smallest absolute Gasteiger partial charge is 0.255 e. The Hall–Kier alpha value is -1.56. The van der Waals surface area contributed by atoms with Crippen molar-refractivity contribution in [2.45, 2.75) is 13.0 Å². The van der Waals surface area contributed by atoms with E-state index in [0.717, 1.165) is 5.56 Å². The largest absolute Gasteiger partial charge is 0.350 e. The van der Waals surface area contributed by atoms with E-state index in [-0.39, 0.29) is 24.4 Å². The van der Waals surface area contributed by atoms with Crippen LogP contribution in [0.25, 0.3) is 11.3 Å². The van der Waals surface area contributed by atoms with Crippen molar-refractivity contribution in [2.24, 2.45) is 7.05 Å². The van der Waals surface area contributed by atoms with Gasteiger partial charge in [-0.25, -0.2) is 0 Å². The lowest BCUT2D eigenvalue weighted by Crippen LogP contribution is -2.37. The first kappa shape index (κ1) is 18.5. The first-order chi connectivity index (χ1) is 10.0. The highest BCUT2D eigenvalue weighted by Crippen LogP contribution is 2.28. The lowest BCUT2D eigenvalue weighted by Gasteiger charge is -2.11. The minimum Gasteiger partial charge on any atom is -0.350 e. The lowest BCUT2D eigenvalue weighted by molar-refractivity contribution is 0.0951. The second-order valence-electron chi connectivity index (χ2n) is 4.94. The molecule has 1 unspecified atom stereocenters. The van der Waals surface area contributed by atoms with Crippen LogP contribution in [0.4, 0.5) is 0 Å². The fourth-order valence-electron chi connectivity index (χ4n) is 1.95. The third-order valence-electron chi connectivity index (χ3n) is 3.26. The van der Waals surface area contributed by atoms with E-state index >= 15 is 0 Å². The molecule has 0 saturated carbocycles. The van der Waals surface area contributed by atoms with E-state index in [1.54, 1.807) is 24.0 Å². The molecule has 2 rings (SSSR count). The number of carbonyl (C=O) groups excluding carboxylic acids is 1. The van der Waals surface area contributed by atoms with Crippen LogP contribution in [0.15, 0.2) is 30.5 Å². The van der Waals surface area contributed by atoms with Gasteiger partial charge in [-0.05, 0) is 20.0 Å². The number of nitrogens with zero attached hydrogens (tertiary/aromatic N) is 2. The molecule has 2 N–H and O–H groups in total. The van der Waals surface area contributed by atoms with E-state index in [2.05, 4.69) is 15.7 Å². The Balaban J connectivity index is 0.00000242. The van der Waals surface area contributed by atoms with E-state index in [0.29, 0.717) is 22.8 Å². The van der Waals surface area contributed by atoms with Crippen LogP contribution in [0.2, 0.25) is 5.02 Å². The van der Waals surface area contributed by atoms with E-state index < -0.39 is 0 Å². The number of hydrogen-bond donors (Lipinski definition) is 2. The molecule has 1 amide bonds. The van der Waals surface area contributed by atoms with Crippen molar-refractivity contribution in [3.63, 3.8) is 0 Å². The molecule has 1 heterocycles. The fourth-order valence-corrected chi connectivity index (χ4v) is 2.18. The molecule has 1 atom stereocenters. The minimum absolute atomic E-state index is 0. The Morgan fingerprint density at radius 1 is 1.41 bits per heavy atom. The minimum atomic E-state index is -0.153. The van der Waals surface area contributed by atoms with Gasteiger partial charge < -0.3 is 10.6 Å². The number of likely N-dealkylation sites (N-methyl/N-ethyl adjacent to an activating group) is 1. The van der Waals surface area contributed by atoms with Crippen LogP contribution >= 0.6 is 24.0 Å². The first-order valence-corrected chi connectivity index (χ1v) is 7.14. The maximum Gasteiger partial charge on any atom is 0.255 e. The molecular weight excluding hydrogens is 323 g/mol. The Labute approximate surface area is 141 Å². The van der Waals surface area contributed by atoms with E-state index in [9.17, 15) is 4.79 Å². The second-order valence-corrected chi connectivity index (χ2v) is 5.35. The number of halogens is 2. The average molecular weight is 343 g/mol. The summed E-state index contributed by atoms with van der Waals surface area (Å²) in [6, 6.07) is 7.58. The standard InChI is InChI=1S/C15H19ClN4O.ClH/c1-10(17-2)8-18-15(21)12-9-20(3)19-14(12)11-6-4-5-7-13(11)16;/h4-7,9-10,17H,8H2,1-3H3,(H,18,21);1H. The molecule has 0 saturated heterocycles. The molecule has 1 aromatic heterocycles. The molecule has 0 aliphatic rings. The summed E-state index contributed by atoms with van der Waals surface area (Å²) < 4.78 is 1.62. The van der Waals surface area contributed by atoms with Gasteiger partial charge >= 0.3 is 0 Å². The summed E-state index contributed by atoms with van der Waals surface area (Å²) in [5.41, 5.74) is 1.87. The number of hydrogen-bond acceptors (Lipinski definition) is 3. The van der Waals surface area contributed by atoms with Gasteiger partial charge in [0.1, 0.15) is 5.69 Å². The van der Waals surface area contributed by atoms with Crippen molar-refractivity contribution in [1.82, 2.24) is 20.4 Å². The van der Waals surface area contributed by atoms with Gasteiger partial charge in [0.25, 0.3) is 5.91 Å². The number of amides is 1. The predicted molar refractivity (Wildman–Crippen MR) is 91.8 cm³/mol. The zero-order valence-electron chi connectivity index (χ0n) is 12.8. The summed E-state index contributed by atoms with van der Waals surface area (Å²) in [4.78, 5) is 12.3. The van der Waals surface area contributed by atoms with Gasteiger partial charge in [-0.2, -0.15) is 5.10 Å². The van der Waals surface area contributed by atoms with Crippen LogP contribution in [-0.2, 0) is 7.05 Å². The van der Waals surface area contributed by atoms with Crippen LogP contribution in [0.1, 0.15) is 17.3 Å². The highest BCUT2D eigenvalue weighted by molar-refractivity contribution is 6.33. The van der Waals surface area contributed by atoms with Crippen molar-refractivity contribution in [2.75, 3.05) is 13.6 Å². The molecular formula is C15H20Cl2N4O. The Morgan fingerprint density at radius 2 is 2.09 bits per heavy atom. The van der Waals surface area contributed by atoms with Gasteiger partial charge in [0.2, 0.25) is 0 Å². The van der Waals surface area contributed by atoms with Crippen molar-refractivity contribution in [3.05, 3.63) is 41.0 Å². The summed E-state index contributed by atoms with van der Waals surface area (Å²) in [6.07, 6.45) is 1.71. The highest BCUT2D eigenvalue weighted by Gasteiger charge is 2.18. The predicted octanol–water partition coefficient (Wildman–Crippen LogP) is 2.50. The lowest BCUT2D eigenvalue weighted by atomic mass is 10.1. The van der Waals surface area contributed by atoms with Gasteiger partial charge in [-0.3, -0.25) is 9.48 Å². The number of carbonyl (C=O) groups is 1. The topological polar surface area (TPSA) is 58.9 Å². The molecule has 7 heteroatoms. The molecule has 5 nitrogen and oxygen atoms in total. The zero-order chi connectivity index (χ0) is 15.4. The second kappa shape index (κ2) is 8.17. The number of aromatic nitrogens is 2. The van der Waals surface area contributed by atoms with Gasteiger partial charge in [-0.15, -0.1) is 12.4 Å². The van der Waals surface area contributed by atoms with E-state index in [1.165, 1.54) is 0 Å². The zero-order valence-corrected chi connectivity index (χ0v) is 14.3. The summed E-state index contributed by atoms with van der Waals surface area (Å²) in [5.74, 6) is -0.153. The van der Waals surface area contributed by atoms with Gasteiger partial charge in [0, 0.05) is 31.4 Å². The van der Waals surface area contributed by atoms with Gasteiger partial charge in [0.05, 0.1) is 10.6 Å². The molecule has 0 aliphatic heterocycles. The number of aryl methyl sites for hydroxylation is 1. The maximum atomic E-state index is 12.3. The Morgan fingerprint density at radius 3 is 2.73 bits per heavy atom. The van der Waals surface area contributed by atoms with Crippen molar-refractivity contribution < 1.29 is 4.79 Å². The summed E-state index contributed by atoms with van der Waals surface area (Å²) in [6.45, 7) is 2.55. The van der Waals surface area contributed by atoms with E-state index in [1.807, 2.05) is 32.2 Å². The average Bonchev–Trinajstić information content (AvgIpc) is 2.86. The molecule has 0 fully saturated rings. The Bertz CT molecular complexity index is 642. The third kappa shape index (κ3) is 4.22. The summed E-state index contributed by atoms with van der Waals surface area (Å²) in [7, 11) is 3.64. The molecule has 1 aromatic carbocycles. The van der Waals surface area contributed by atoms with Crippen LogP contribution in [0, 0.1) is 0 Å².